The lowest BCUT2D eigenvalue weighted by atomic mass is 9.94. The van der Waals surface area contributed by atoms with Crippen LogP contribution in [0.4, 0.5) is 4.39 Å². The summed E-state index contributed by atoms with van der Waals surface area (Å²) in [5, 5.41) is 0.172. The van der Waals surface area contributed by atoms with Crippen LogP contribution in [-0.4, -0.2) is 5.88 Å². The van der Waals surface area contributed by atoms with Crippen molar-refractivity contribution in [3.05, 3.63) is 70.5 Å². The van der Waals surface area contributed by atoms with E-state index in [9.17, 15) is 4.39 Å². The quantitative estimate of drug-likeness (QED) is 0.672. The van der Waals surface area contributed by atoms with Crippen LogP contribution in [0, 0.1) is 11.7 Å². The van der Waals surface area contributed by atoms with Crippen LogP contribution in [0.15, 0.2) is 48.5 Å². The summed E-state index contributed by atoms with van der Waals surface area (Å²) in [5.74, 6) is 0.519. The number of hydrogen-bond acceptors (Lipinski definition) is 0. The molecule has 0 aromatic heterocycles. The van der Waals surface area contributed by atoms with Crippen molar-refractivity contribution in [2.45, 2.75) is 12.8 Å². The van der Waals surface area contributed by atoms with Crippen LogP contribution in [0.25, 0.3) is 0 Å². The Morgan fingerprint density at radius 3 is 2.26 bits per heavy atom. The molecule has 0 amide bonds. The van der Waals surface area contributed by atoms with Gasteiger partial charge in [0.05, 0.1) is 5.02 Å². The first-order valence-corrected chi connectivity index (χ1v) is 7.14. The Kier molecular flexibility index (Phi) is 5.24. The van der Waals surface area contributed by atoms with Gasteiger partial charge in [-0.1, -0.05) is 48.0 Å². The Morgan fingerprint density at radius 2 is 1.63 bits per heavy atom. The topological polar surface area (TPSA) is 0 Å². The lowest BCUT2D eigenvalue weighted by molar-refractivity contribution is 0.581. The first kappa shape index (κ1) is 14.4. The average molecular weight is 297 g/mol. The summed E-state index contributed by atoms with van der Waals surface area (Å²) in [6.07, 6.45) is 1.72. The fraction of sp³-hybridized carbons (Fsp3) is 0.250. The van der Waals surface area contributed by atoms with Gasteiger partial charge in [-0.25, -0.2) is 4.39 Å². The predicted octanol–water partition coefficient (Wildman–Crippen LogP) is 5.12. The molecule has 100 valence electrons. The van der Waals surface area contributed by atoms with E-state index >= 15 is 0 Å². The first-order chi connectivity index (χ1) is 9.19. The normalized spacial score (nSPS) is 12.4. The summed E-state index contributed by atoms with van der Waals surface area (Å²) in [4.78, 5) is 0. The second-order valence-corrected chi connectivity index (χ2v) is 5.38. The minimum absolute atomic E-state index is 0.172. The van der Waals surface area contributed by atoms with Crippen molar-refractivity contribution in [1.82, 2.24) is 0 Å². The minimum Gasteiger partial charge on any atom is -0.205 e. The minimum atomic E-state index is -0.379. The summed E-state index contributed by atoms with van der Waals surface area (Å²) in [6.45, 7) is 0. The zero-order valence-corrected chi connectivity index (χ0v) is 12.0. The van der Waals surface area contributed by atoms with Crippen LogP contribution < -0.4 is 0 Å². The van der Waals surface area contributed by atoms with Crippen LogP contribution in [0.5, 0.6) is 0 Å². The number of benzene rings is 2. The van der Waals surface area contributed by atoms with Crippen LogP contribution in [-0.2, 0) is 12.8 Å². The molecule has 3 heteroatoms. The Balaban J connectivity index is 2.04. The third-order valence-electron chi connectivity index (χ3n) is 3.09. The molecule has 2 aromatic rings. The van der Waals surface area contributed by atoms with Gasteiger partial charge in [-0.2, -0.15) is 0 Å². The third kappa shape index (κ3) is 4.22. The Hall–Kier alpha value is -1.05. The number of halogens is 3. The van der Waals surface area contributed by atoms with Gasteiger partial charge in [-0.15, -0.1) is 11.6 Å². The molecule has 19 heavy (non-hydrogen) atoms. The van der Waals surface area contributed by atoms with Crippen molar-refractivity contribution in [2.24, 2.45) is 5.92 Å². The summed E-state index contributed by atoms with van der Waals surface area (Å²) >= 11 is 11.8. The Morgan fingerprint density at radius 1 is 0.947 bits per heavy atom. The molecule has 0 aliphatic heterocycles. The standard InChI is InChI=1S/C16H15Cl2F/c17-11-14(8-12-4-2-1-3-5-12)9-13-6-7-16(19)15(18)10-13/h1-7,10,14H,8-9,11H2. The smallest absolute Gasteiger partial charge is 0.141 e. The maximum atomic E-state index is 13.1. The maximum absolute atomic E-state index is 13.1. The van der Waals surface area contributed by atoms with Crippen molar-refractivity contribution in [3.63, 3.8) is 0 Å². The molecular formula is C16H15Cl2F. The predicted molar refractivity (Wildman–Crippen MR) is 79.5 cm³/mol. The van der Waals surface area contributed by atoms with Gasteiger partial charge in [0.1, 0.15) is 5.82 Å². The molecule has 0 fully saturated rings. The highest BCUT2D eigenvalue weighted by Gasteiger charge is 2.11. The average Bonchev–Trinajstić information content (AvgIpc) is 2.43. The van der Waals surface area contributed by atoms with Gasteiger partial charge < -0.3 is 0 Å². The second kappa shape index (κ2) is 6.93. The summed E-state index contributed by atoms with van der Waals surface area (Å²) in [6, 6.07) is 15.1. The third-order valence-corrected chi connectivity index (χ3v) is 3.82. The van der Waals surface area contributed by atoms with Gasteiger partial charge in [0, 0.05) is 5.88 Å². The van der Waals surface area contributed by atoms with E-state index in [-0.39, 0.29) is 10.8 Å². The zero-order chi connectivity index (χ0) is 13.7. The lowest BCUT2D eigenvalue weighted by Crippen LogP contribution is -2.10. The molecule has 0 bridgehead atoms. The van der Waals surface area contributed by atoms with E-state index in [1.807, 2.05) is 18.2 Å². The van der Waals surface area contributed by atoms with Crippen LogP contribution in [0.1, 0.15) is 11.1 Å². The van der Waals surface area contributed by atoms with Gasteiger partial charge in [-0.05, 0) is 42.0 Å². The summed E-state index contributed by atoms with van der Waals surface area (Å²) < 4.78 is 13.1. The van der Waals surface area contributed by atoms with Crippen molar-refractivity contribution in [2.75, 3.05) is 5.88 Å². The highest BCUT2D eigenvalue weighted by molar-refractivity contribution is 6.30. The maximum Gasteiger partial charge on any atom is 0.141 e. The van der Waals surface area contributed by atoms with Crippen molar-refractivity contribution in [3.8, 4) is 0 Å². The van der Waals surface area contributed by atoms with Gasteiger partial charge in [0.2, 0.25) is 0 Å². The molecule has 0 spiro atoms. The number of rotatable bonds is 5. The molecule has 0 N–H and O–H groups in total. The number of alkyl halides is 1. The fourth-order valence-electron chi connectivity index (χ4n) is 2.13. The highest BCUT2D eigenvalue weighted by Crippen LogP contribution is 2.21. The molecule has 0 saturated carbocycles. The van der Waals surface area contributed by atoms with E-state index in [4.69, 9.17) is 23.2 Å². The zero-order valence-electron chi connectivity index (χ0n) is 10.5. The summed E-state index contributed by atoms with van der Waals surface area (Å²) in [7, 11) is 0. The molecule has 0 aliphatic rings. The first-order valence-electron chi connectivity index (χ1n) is 6.23. The largest absolute Gasteiger partial charge is 0.205 e. The van der Waals surface area contributed by atoms with Crippen molar-refractivity contribution in [1.29, 1.82) is 0 Å². The Labute approximate surface area is 123 Å². The molecule has 0 heterocycles. The molecule has 0 saturated heterocycles. The molecule has 2 rings (SSSR count). The van der Waals surface area contributed by atoms with Gasteiger partial charge in [0.25, 0.3) is 0 Å². The molecular weight excluding hydrogens is 282 g/mol. The van der Waals surface area contributed by atoms with E-state index in [1.165, 1.54) is 11.6 Å². The van der Waals surface area contributed by atoms with Gasteiger partial charge in [0.15, 0.2) is 0 Å². The van der Waals surface area contributed by atoms with E-state index in [2.05, 4.69) is 12.1 Å². The summed E-state index contributed by atoms with van der Waals surface area (Å²) in [5.41, 5.74) is 2.29. The molecule has 1 atom stereocenters. The lowest BCUT2D eigenvalue weighted by Gasteiger charge is -2.14. The van der Waals surface area contributed by atoms with Gasteiger partial charge in [-0.3, -0.25) is 0 Å². The molecule has 1 unspecified atom stereocenters. The monoisotopic (exact) mass is 296 g/mol. The SMILES string of the molecule is Fc1ccc(CC(CCl)Cc2ccccc2)cc1Cl. The molecule has 0 aliphatic carbocycles. The van der Waals surface area contributed by atoms with Crippen LogP contribution in [0.3, 0.4) is 0 Å². The van der Waals surface area contributed by atoms with Crippen molar-refractivity contribution < 1.29 is 4.39 Å². The fourth-order valence-corrected chi connectivity index (χ4v) is 2.55. The van der Waals surface area contributed by atoms with Crippen molar-refractivity contribution >= 4 is 23.2 Å². The van der Waals surface area contributed by atoms with Gasteiger partial charge >= 0.3 is 0 Å². The molecule has 0 nitrogen and oxygen atoms in total. The molecule has 0 radical (unpaired) electrons. The van der Waals surface area contributed by atoms with Crippen LogP contribution >= 0.6 is 23.2 Å². The van der Waals surface area contributed by atoms with Crippen LogP contribution in [0.2, 0.25) is 5.02 Å². The van der Waals surface area contributed by atoms with E-state index in [0.717, 1.165) is 18.4 Å². The molecule has 2 aromatic carbocycles. The van der Waals surface area contributed by atoms with E-state index < -0.39 is 0 Å². The van der Waals surface area contributed by atoms with E-state index in [1.54, 1.807) is 12.1 Å². The van der Waals surface area contributed by atoms with E-state index in [0.29, 0.717) is 11.8 Å². The number of hydrogen-bond donors (Lipinski definition) is 0. The highest BCUT2D eigenvalue weighted by atomic mass is 35.5. The Bertz CT molecular complexity index is 526. The second-order valence-electron chi connectivity index (χ2n) is 4.66.